The molecule has 0 fully saturated rings. The van der Waals surface area contributed by atoms with Gasteiger partial charge in [-0.3, -0.25) is 10.00 Å². The summed E-state index contributed by atoms with van der Waals surface area (Å²) in [6.45, 7) is 7.13. The predicted octanol–water partition coefficient (Wildman–Crippen LogP) is 2.96. The molecule has 4 heterocycles. The van der Waals surface area contributed by atoms with E-state index in [-0.39, 0.29) is 0 Å². The summed E-state index contributed by atoms with van der Waals surface area (Å²) in [6.07, 6.45) is 2.70. The Hall–Kier alpha value is -2.06. The molecule has 8 heteroatoms. The summed E-state index contributed by atoms with van der Waals surface area (Å²) in [5.41, 5.74) is 3.84. The summed E-state index contributed by atoms with van der Waals surface area (Å²) in [5.74, 6) is 1.42. The Labute approximate surface area is 150 Å². The van der Waals surface area contributed by atoms with Gasteiger partial charge < -0.3 is 8.98 Å². The van der Waals surface area contributed by atoms with Crippen LogP contribution in [0.2, 0.25) is 0 Å². The SMILES string of the molecule is CC(C)c1n[nH]c2c1CN(Cc1ccc(Sc3nncn3C)o1)CC2. The normalized spacial score (nSPS) is 15.0. The average molecular weight is 358 g/mol. The molecule has 0 aliphatic carbocycles. The van der Waals surface area contributed by atoms with Crippen LogP contribution in [0, 0.1) is 0 Å². The lowest BCUT2D eigenvalue weighted by Gasteiger charge is -2.26. The molecule has 0 unspecified atom stereocenters. The van der Waals surface area contributed by atoms with Crippen LogP contribution in [0.5, 0.6) is 0 Å². The molecule has 1 aliphatic rings. The van der Waals surface area contributed by atoms with Crippen molar-refractivity contribution in [1.82, 2.24) is 29.9 Å². The van der Waals surface area contributed by atoms with Crippen LogP contribution in [0.15, 0.2) is 33.1 Å². The van der Waals surface area contributed by atoms with Gasteiger partial charge in [-0.25, -0.2) is 0 Å². The fraction of sp³-hybridized carbons (Fsp3) is 0.471. The molecule has 3 aromatic rings. The molecule has 0 amide bonds. The van der Waals surface area contributed by atoms with Gasteiger partial charge in [0, 0.05) is 37.8 Å². The highest BCUT2D eigenvalue weighted by Gasteiger charge is 2.24. The highest BCUT2D eigenvalue weighted by molar-refractivity contribution is 7.99. The molecule has 0 aromatic carbocycles. The van der Waals surface area contributed by atoms with E-state index in [0.29, 0.717) is 5.92 Å². The third-order valence-electron chi connectivity index (χ3n) is 4.47. The standard InChI is InChI=1S/C17H22N6OS/c1-11(2)16-13-9-23(7-6-14(13)19-20-16)8-12-4-5-15(24-12)25-17-21-18-10-22(17)3/h4-5,10-11H,6-9H2,1-3H3,(H,19,20). The molecule has 25 heavy (non-hydrogen) atoms. The van der Waals surface area contributed by atoms with Gasteiger partial charge in [-0.2, -0.15) is 5.10 Å². The Morgan fingerprint density at radius 3 is 3.00 bits per heavy atom. The molecule has 0 spiro atoms. The second kappa shape index (κ2) is 6.68. The van der Waals surface area contributed by atoms with Crippen LogP contribution in [0.4, 0.5) is 0 Å². The summed E-state index contributed by atoms with van der Waals surface area (Å²) < 4.78 is 7.86. The Morgan fingerprint density at radius 2 is 2.24 bits per heavy atom. The number of aromatic nitrogens is 5. The number of fused-ring (bicyclic) bond motifs is 1. The average Bonchev–Trinajstić information content (AvgIpc) is 3.29. The molecule has 3 aromatic heterocycles. The monoisotopic (exact) mass is 358 g/mol. The van der Waals surface area contributed by atoms with Gasteiger partial charge in [0.1, 0.15) is 12.1 Å². The molecule has 0 radical (unpaired) electrons. The lowest BCUT2D eigenvalue weighted by Crippen LogP contribution is -2.30. The van der Waals surface area contributed by atoms with E-state index in [9.17, 15) is 0 Å². The fourth-order valence-electron chi connectivity index (χ4n) is 3.16. The molecule has 7 nitrogen and oxygen atoms in total. The van der Waals surface area contributed by atoms with Crippen LogP contribution in [-0.2, 0) is 26.6 Å². The maximum Gasteiger partial charge on any atom is 0.198 e. The van der Waals surface area contributed by atoms with Gasteiger partial charge in [-0.15, -0.1) is 10.2 Å². The molecule has 0 saturated heterocycles. The Balaban J connectivity index is 1.43. The van der Waals surface area contributed by atoms with Crippen LogP contribution >= 0.6 is 11.8 Å². The minimum absolute atomic E-state index is 0.443. The van der Waals surface area contributed by atoms with Crippen LogP contribution in [0.3, 0.4) is 0 Å². The van der Waals surface area contributed by atoms with Crippen molar-refractivity contribution in [3.05, 3.63) is 41.2 Å². The van der Waals surface area contributed by atoms with Gasteiger partial charge in [0.05, 0.1) is 12.2 Å². The first-order chi connectivity index (χ1) is 12.1. The Kier molecular flexibility index (Phi) is 4.39. The maximum atomic E-state index is 5.98. The third kappa shape index (κ3) is 3.36. The zero-order chi connectivity index (χ0) is 17.4. The molecule has 132 valence electrons. The number of nitrogens with one attached hydrogen (secondary N) is 1. The predicted molar refractivity (Wildman–Crippen MR) is 94.3 cm³/mol. The molecule has 1 N–H and O–H groups in total. The van der Waals surface area contributed by atoms with E-state index in [1.807, 2.05) is 23.7 Å². The van der Waals surface area contributed by atoms with E-state index in [4.69, 9.17) is 4.42 Å². The van der Waals surface area contributed by atoms with Crippen LogP contribution in [-0.4, -0.2) is 36.4 Å². The maximum absolute atomic E-state index is 5.98. The zero-order valence-corrected chi connectivity index (χ0v) is 15.5. The fourth-order valence-corrected chi connectivity index (χ4v) is 3.90. The Morgan fingerprint density at radius 1 is 1.36 bits per heavy atom. The smallest absolute Gasteiger partial charge is 0.198 e. The van der Waals surface area contributed by atoms with Crippen molar-refractivity contribution in [1.29, 1.82) is 0 Å². The number of aromatic amines is 1. The first-order valence-electron chi connectivity index (χ1n) is 8.49. The molecular formula is C17H22N6OS. The number of hydrogen-bond acceptors (Lipinski definition) is 6. The topological polar surface area (TPSA) is 75.8 Å². The zero-order valence-electron chi connectivity index (χ0n) is 14.7. The third-order valence-corrected chi connectivity index (χ3v) is 5.44. The summed E-state index contributed by atoms with van der Waals surface area (Å²) in [4.78, 5) is 2.42. The quantitative estimate of drug-likeness (QED) is 0.756. The first kappa shape index (κ1) is 16.4. The van der Waals surface area contributed by atoms with Crippen LogP contribution in [0.1, 0.15) is 42.5 Å². The van der Waals surface area contributed by atoms with Crippen molar-refractivity contribution in [3.63, 3.8) is 0 Å². The molecule has 1 aliphatic heterocycles. The number of H-pyrrole nitrogens is 1. The number of hydrogen-bond donors (Lipinski definition) is 1. The lowest BCUT2D eigenvalue weighted by molar-refractivity contribution is 0.218. The van der Waals surface area contributed by atoms with E-state index in [0.717, 1.165) is 42.1 Å². The largest absolute Gasteiger partial charge is 0.453 e. The lowest BCUT2D eigenvalue weighted by atomic mass is 9.99. The number of rotatable bonds is 5. The van der Waals surface area contributed by atoms with Gasteiger partial charge in [-0.05, 0) is 29.8 Å². The van der Waals surface area contributed by atoms with E-state index in [1.54, 1.807) is 6.33 Å². The minimum Gasteiger partial charge on any atom is -0.453 e. The van der Waals surface area contributed by atoms with Crippen molar-refractivity contribution in [3.8, 4) is 0 Å². The number of aryl methyl sites for hydroxylation is 1. The van der Waals surface area contributed by atoms with Gasteiger partial charge in [0.2, 0.25) is 0 Å². The van der Waals surface area contributed by atoms with Gasteiger partial charge in [0.15, 0.2) is 10.2 Å². The van der Waals surface area contributed by atoms with Gasteiger partial charge >= 0.3 is 0 Å². The van der Waals surface area contributed by atoms with Crippen LogP contribution in [0.25, 0.3) is 0 Å². The van der Waals surface area contributed by atoms with Crippen molar-refractivity contribution >= 4 is 11.8 Å². The number of furan rings is 1. The molecule has 0 bridgehead atoms. The summed E-state index contributed by atoms with van der Waals surface area (Å²) >= 11 is 1.49. The molecule has 4 rings (SSSR count). The van der Waals surface area contributed by atoms with Gasteiger partial charge in [0.25, 0.3) is 0 Å². The van der Waals surface area contributed by atoms with E-state index < -0.39 is 0 Å². The second-order valence-electron chi connectivity index (χ2n) is 6.73. The van der Waals surface area contributed by atoms with Crippen LogP contribution < -0.4 is 0 Å². The second-order valence-corrected chi connectivity index (χ2v) is 7.70. The molecular weight excluding hydrogens is 336 g/mol. The number of nitrogens with zero attached hydrogens (tertiary/aromatic N) is 5. The summed E-state index contributed by atoms with van der Waals surface area (Å²) in [7, 11) is 1.93. The molecule has 0 atom stereocenters. The molecule has 0 saturated carbocycles. The van der Waals surface area contributed by atoms with E-state index in [1.165, 1.54) is 28.7 Å². The van der Waals surface area contributed by atoms with Gasteiger partial charge in [-0.1, -0.05) is 13.8 Å². The summed E-state index contributed by atoms with van der Waals surface area (Å²) in [5, 5.41) is 17.3. The Bertz CT molecular complexity index is 864. The van der Waals surface area contributed by atoms with Crippen molar-refractivity contribution in [2.75, 3.05) is 6.54 Å². The van der Waals surface area contributed by atoms with E-state index in [2.05, 4.69) is 39.1 Å². The van der Waals surface area contributed by atoms with Crippen molar-refractivity contribution in [2.45, 2.75) is 49.5 Å². The minimum atomic E-state index is 0.443. The van der Waals surface area contributed by atoms with Crippen molar-refractivity contribution in [2.24, 2.45) is 7.05 Å². The van der Waals surface area contributed by atoms with Crippen molar-refractivity contribution < 1.29 is 4.42 Å². The first-order valence-corrected chi connectivity index (χ1v) is 9.30. The highest BCUT2D eigenvalue weighted by atomic mass is 32.2. The van der Waals surface area contributed by atoms with E-state index >= 15 is 0 Å². The summed E-state index contributed by atoms with van der Waals surface area (Å²) in [6, 6.07) is 4.05. The highest BCUT2D eigenvalue weighted by Crippen LogP contribution is 2.29.